The Morgan fingerprint density at radius 2 is 1.85 bits per heavy atom. The highest BCUT2D eigenvalue weighted by atomic mass is 79.9. The van der Waals surface area contributed by atoms with Crippen molar-refractivity contribution in [2.45, 2.75) is 45.8 Å². The number of ether oxygens (including phenoxy) is 2. The first-order valence-electron chi connectivity index (χ1n) is 11.2. The third-order valence-electron chi connectivity index (χ3n) is 5.76. The molecule has 0 saturated heterocycles. The van der Waals surface area contributed by atoms with Crippen molar-refractivity contribution in [1.29, 1.82) is 0 Å². The van der Waals surface area contributed by atoms with Gasteiger partial charge in [0.15, 0.2) is 23.0 Å². The predicted octanol–water partition coefficient (Wildman–Crippen LogP) is 4.93. The third-order valence-corrected chi connectivity index (χ3v) is 6.45. The number of benzene rings is 2. The predicted molar refractivity (Wildman–Crippen MR) is 129 cm³/mol. The molecule has 2 amide bonds. The van der Waals surface area contributed by atoms with Gasteiger partial charge < -0.3 is 24.2 Å². The van der Waals surface area contributed by atoms with Crippen LogP contribution in [0.1, 0.15) is 58.9 Å². The maximum absolute atomic E-state index is 13.3. The molecule has 1 aliphatic rings. The van der Waals surface area contributed by atoms with Crippen LogP contribution in [0.3, 0.4) is 0 Å². The van der Waals surface area contributed by atoms with Crippen LogP contribution in [0.5, 0.6) is 11.5 Å². The first-order valence-corrected chi connectivity index (χ1v) is 12.0. The summed E-state index contributed by atoms with van der Waals surface area (Å²) in [7, 11) is 0. The van der Waals surface area contributed by atoms with Gasteiger partial charge in [-0.3, -0.25) is 9.59 Å². The Morgan fingerprint density at radius 1 is 1.09 bits per heavy atom. The van der Waals surface area contributed by atoms with Crippen LogP contribution in [0.25, 0.3) is 0 Å². The molecule has 1 N–H and O–H groups in total. The first-order chi connectivity index (χ1) is 16.5. The van der Waals surface area contributed by atoms with Crippen LogP contribution in [-0.4, -0.2) is 34.7 Å². The highest BCUT2D eigenvalue weighted by Gasteiger charge is 2.26. The zero-order chi connectivity index (χ0) is 24.1. The van der Waals surface area contributed by atoms with Crippen LogP contribution in [-0.2, 0) is 13.1 Å². The van der Waals surface area contributed by atoms with E-state index in [2.05, 4.69) is 26.4 Å². The lowest BCUT2D eigenvalue weighted by molar-refractivity contribution is 0.0626. The average molecular weight is 528 g/mol. The van der Waals surface area contributed by atoms with Gasteiger partial charge in [0.1, 0.15) is 0 Å². The van der Waals surface area contributed by atoms with E-state index in [1.807, 2.05) is 50.2 Å². The molecule has 0 radical (unpaired) electrons. The molecule has 2 heterocycles. The molecular formula is C25H26BrN3O5. The van der Waals surface area contributed by atoms with Crippen LogP contribution in [0, 0.1) is 0 Å². The minimum atomic E-state index is -0.362. The highest BCUT2D eigenvalue weighted by Crippen LogP contribution is 2.32. The van der Waals surface area contributed by atoms with Gasteiger partial charge in [0.2, 0.25) is 6.79 Å². The quantitative estimate of drug-likeness (QED) is 0.424. The summed E-state index contributed by atoms with van der Waals surface area (Å²) < 4.78 is 16.8. The summed E-state index contributed by atoms with van der Waals surface area (Å²) in [4.78, 5) is 27.7. The van der Waals surface area contributed by atoms with Gasteiger partial charge in [-0.2, -0.15) is 0 Å². The van der Waals surface area contributed by atoms with Crippen molar-refractivity contribution in [3.63, 3.8) is 0 Å². The third kappa shape index (κ3) is 5.25. The smallest absolute Gasteiger partial charge is 0.273 e. The molecule has 2 aromatic carbocycles. The molecule has 8 nitrogen and oxygen atoms in total. The van der Waals surface area contributed by atoms with Gasteiger partial charge in [-0.25, -0.2) is 0 Å². The summed E-state index contributed by atoms with van der Waals surface area (Å²) in [5, 5.41) is 6.75. The van der Waals surface area contributed by atoms with E-state index in [1.165, 1.54) is 0 Å². The van der Waals surface area contributed by atoms with E-state index >= 15 is 0 Å². The Morgan fingerprint density at radius 3 is 2.62 bits per heavy atom. The van der Waals surface area contributed by atoms with Gasteiger partial charge in [0.25, 0.3) is 11.8 Å². The number of rotatable bonds is 9. The normalized spacial score (nSPS) is 12.1. The van der Waals surface area contributed by atoms with Gasteiger partial charge in [-0.15, -0.1) is 0 Å². The number of fused-ring (bicyclic) bond motifs is 1. The molecule has 1 aromatic heterocycles. The Balaban J connectivity index is 1.44. The molecule has 0 fully saturated rings. The summed E-state index contributed by atoms with van der Waals surface area (Å²) >= 11 is 3.47. The van der Waals surface area contributed by atoms with Crippen LogP contribution in [0.4, 0.5) is 0 Å². The first kappa shape index (κ1) is 23.8. The van der Waals surface area contributed by atoms with E-state index in [-0.39, 0.29) is 36.9 Å². The van der Waals surface area contributed by atoms with Crippen molar-refractivity contribution < 1.29 is 23.6 Å². The number of carbonyl (C=O) groups is 2. The number of aromatic nitrogens is 1. The van der Waals surface area contributed by atoms with Gasteiger partial charge in [0.05, 0.1) is 12.1 Å². The summed E-state index contributed by atoms with van der Waals surface area (Å²) in [6.07, 6.45) is 1.59. The van der Waals surface area contributed by atoms with E-state index in [0.29, 0.717) is 29.4 Å². The van der Waals surface area contributed by atoms with E-state index in [1.54, 1.807) is 17.0 Å². The van der Waals surface area contributed by atoms with Gasteiger partial charge >= 0.3 is 0 Å². The lowest BCUT2D eigenvalue weighted by atomic mass is 10.1. The molecule has 0 unspecified atom stereocenters. The molecule has 1 aliphatic heterocycles. The van der Waals surface area contributed by atoms with Crippen molar-refractivity contribution in [1.82, 2.24) is 15.4 Å². The number of amides is 2. The number of carbonyl (C=O) groups excluding carboxylic acids is 2. The fourth-order valence-corrected chi connectivity index (χ4v) is 4.33. The largest absolute Gasteiger partial charge is 0.454 e. The Kier molecular flexibility index (Phi) is 7.52. The lowest BCUT2D eigenvalue weighted by Crippen LogP contribution is -2.39. The summed E-state index contributed by atoms with van der Waals surface area (Å²) in [5.41, 5.74) is 1.62. The second kappa shape index (κ2) is 10.7. The van der Waals surface area contributed by atoms with Gasteiger partial charge in [0, 0.05) is 23.1 Å². The topological polar surface area (TPSA) is 93.9 Å². The number of hydrogen-bond donors (Lipinski definition) is 1. The highest BCUT2D eigenvalue weighted by molar-refractivity contribution is 9.10. The molecule has 0 saturated carbocycles. The fraction of sp³-hybridized carbons (Fsp3) is 0.320. The fourth-order valence-electron chi connectivity index (χ4n) is 3.87. The van der Waals surface area contributed by atoms with Crippen molar-refractivity contribution >= 4 is 27.7 Å². The summed E-state index contributed by atoms with van der Waals surface area (Å²) in [5.74, 6) is 1.33. The Bertz CT molecular complexity index is 1170. The number of nitrogens with zero attached hydrogens (tertiary/aromatic N) is 2. The molecule has 0 bridgehead atoms. The van der Waals surface area contributed by atoms with E-state index in [4.69, 9.17) is 14.0 Å². The Hall–Kier alpha value is -3.33. The standard InChI is InChI=1S/C25H26BrN3O5/c1-3-17(4-2)29(25(31)19-7-5-6-8-20(19)26)14-18-12-21(28-34-18)24(30)27-13-16-9-10-22-23(11-16)33-15-32-22/h5-12,17H,3-4,13-15H2,1-2H3,(H,27,30). The van der Waals surface area contributed by atoms with E-state index in [9.17, 15) is 9.59 Å². The summed E-state index contributed by atoms with van der Waals surface area (Å²) in [6, 6.07) is 14.4. The molecule has 0 atom stereocenters. The Labute approximate surface area is 206 Å². The molecule has 0 spiro atoms. The van der Waals surface area contributed by atoms with Crippen molar-refractivity contribution in [3.8, 4) is 11.5 Å². The minimum Gasteiger partial charge on any atom is -0.454 e. The zero-order valence-electron chi connectivity index (χ0n) is 19.0. The number of hydrogen-bond acceptors (Lipinski definition) is 6. The van der Waals surface area contributed by atoms with Crippen LogP contribution >= 0.6 is 15.9 Å². The minimum absolute atomic E-state index is 0.0213. The monoisotopic (exact) mass is 527 g/mol. The molecule has 0 aliphatic carbocycles. The number of halogens is 1. The molecule has 3 aromatic rings. The van der Waals surface area contributed by atoms with Gasteiger partial charge in [-0.05, 0) is 58.6 Å². The molecular weight excluding hydrogens is 502 g/mol. The van der Waals surface area contributed by atoms with Crippen molar-refractivity contribution in [2.24, 2.45) is 0 Å². The van der Waals surface area contributed by atoms with Crippen LogP contribution < -0.4 is 14.8 Å². The van der Waals surface area contributed by atoms with E-state index in [0.717, 1.165) is 22.9 Å². The molecule has 34 heavy (non-hydrogen) atoms. The maximum Gasteiger partial charge on any atom is 0.273 e. The maximum atomic E-state index is 13.3. The molecule has 9 heteroatoms. The zero-order valence-corrected chi connectivity index (χ0v) is 20.6. The van der Waals surface area contributed by atoms with Crippen LogP contribution in [0.2, 0.25) is 0 Å². The molecule has 4 rings (SSSR count). The molecule has 178 valence electrons. The SMILES string of the molecule is CCC(CC)N(Cc1cc(C(=O)NCc2ccc3c(c2)OCO3)no1)C(=O)c1ccccc1Br. The average Bonchev–Trinajstić information content (AvgIpc) is 3.52. The second-order valence-electron chi connectivity index (χ2n) is 7.93. The number of nitrogens with one attached hydrogen (secondary N) is 1. The second-order valence-corrected chi connectivity index (χ2v) is 8.79. The van der Waals surface area contributed by atoms with Gasteiger partial charge in [-0.1, -0.05) is 37.2 Å². The van der Waals surface area contributed by atoms with E-state index < -0.39 is 0 Å². The van der Waals surface area contributed by atoms with Crippen molar-refractivity contribution in [2.75, 3.05) is 6.79 Å². The summed E-state index contributed by atoms with van der Waals surface area (Å²) in [6.45, 7) is 4.81. The van der Waals surface area contributed by atoms with Crippen LogP contribution in [0.15, 0.2) is 57.5 Å². The van der Waals surface area contributed by atoms with Crippen molar-refractivity contribution in [3.05, 3.63) is 75.6 Å². The lowest BCUT2D eigenvalue weighted by Gasteiger charge is -2.30.